The fourth-order valence-electron chi connectivity index (χ4n) is 3.47. The second kappa shape index (κ2) is 7.81. The maximum Gasteiger partial charge on any atom is 0.511 e. The van der Waals surface area contributed by atoms with E-state index in [4.69, 9.17) is 9.84 Å². The van der Waals surface area contributed by atoms with Crippen molar-refractivity contribution in [1.82, 2.24) is 0 Å². The van der Waals surface area contributed by atoms with Gasteiger partial charge in [0, 0.05) is 4.90 Å². The normalized spacial score (nSPS) is 15.9. The molecule has 0 atom stereocenters. The molecule has 0 aliphatic carbocycles. The lowest BCUT2D eigenvalue weighted by Gasteiger charge is -2.32. The Kier molecular flexibility index (Phi) is 5.66. The molecule has 0 unspecified atom stereocenters. The highest BCUT2D eigenvalue weighted by Gasteiger charge is 2.27. The van der Waals surface area contributed by atoms with Crippen LogP contribution in [0.25, 0.3) is 11.6 Å². The summed E-state index contributed by atoms with van der Waals surface area (Å²) in [7, 11) is 0. The molecule has 3 nitrogen and oxygen atoms in total. The van der Waals surface area contributed by atoms with Crippen molar-refractivity contribution >= 4 is 29.6 Å². The number of carboxylic acid groups (broad SMARTS) is 1. The fourth-order valence-corrected chi connectivity index (χ4v) is 4.96. The van der Waals surface area contributed by atoms with Crippen molar-refractivity contribution in [3.05, 3.63) is 58.7 Å². The van der Waals surface area contributed by atoms with Crippen LogP contribution in [0.4, 0.5) is 4.79 Å². The van der Waals surface area contributed by atoms with Gasteiger partial charge in [-0.3, -0.25) is 0 Å². The lowest BCUT2D eigenvalue weighted by atomic mass is 9.80. The number of hydrogen-bond acceptors (Lipinski definition) is 3. The molecule has 1 aliphatic heterocycles. The molecule has 1 aliphatic rings. The highest BCUT2D eigenvalue weighted by Crippen LogP contribution is 2.42. The van der Waals surface area contributed by atoms with Crippen LogP contribution in [0.3, 0.4) is 0 Å². The van der Waals surface area contributed by atoms with Gasteiger partial charge in [-0.25, -0.2) is 4.79 Å². The molecule has 0 amide bonds. The smallest absolute Gasteiger partial charge is 0.449 e. The number of fused-ring (bicyclic) bond motifs is 1. The lowest BCUT2D eigenvalue weighted by Crippen LogP contribution is -2.22. The Morgan fingerprint density at radius 2 is 2.04 bits per heavy atom. The molecule has 3 rings (SSSR count). The zero-order chi connectivity index (χ0) is 19.6. The molecule has 0 bridgehead atoms. The van der Waals surface area contributed by atoms with E-state index in [1.165, 1.54) is 33.8 Å². The highest BCUT2D eigenvalue weighted by molar-refractivity contribution is 7.99. The third-order valence-corrected chi connectivity index (χ3v) is 6.27. The number of ether oxygens (including phenoxy) is 1. The van der Waals surface area contributed by atoms with E-state index in [-0.39, 0.29) is 5.41 Å². The van der Waals surface area contributed by atoms with E-state index in [0.717, 1.165) is 11.1 Å². The average molecular weight is 383 g/mol. The minimum atomic E-state index is -1.28. The predicted molar refractivity (Wildman–Crippen MR) is 113 cm³/mol. The molecule has 0 fully saturated rings. The van der Waals surface area contributed by atoms with Crippen molar-refractivity contribution in [1.29, 1.82) is 0 Å². The second-order valence-corrected chi connectivity index (χ2v) is 8.75. The van der Waals surface area contributed by atoms with Gasteiger partial charge in [0.15, 0.2) is 0 Å². The summed E-state index contributed by atoms with van der Waals surface area (Å²) >= 11 is 1.95. The van der Waals surface area contributed by atoms with Crippen LogP contribution in [0.1, 0.15) is 56.4 Å². The number of thioether (sulfide) groups is 1. The molecule has 0 radical (unpaired) electrons. The van der Waals surface area contributed by atoms with Gasteiger partial charge in [-0.2, -0.15) is 0 Å². The second-order valence-electron chi connectivity index (χ2n) is 7.61. The summed E-state index contributed by atoms with van der Waals surface area (Å²) in [6.45, 7) is 8.76. The van der Waals surface area contributed by atoms with Crippen molar-refractivity contribution in [2.24, 2.45) is 0 Å². The third kappa shape index (κ3) is 4.38. The van der Waals surface area contributed by atoms with E-state index < -0.39 is 6.16 Å². The summed E-state index contributed by atoms with van der Waals surface area (Å²) in [6.07, 6.45) is 2.78. The molecule has 2 aromatic rings. The molecular weight excluding hydrogens is 356 g/mol. The van der Waals surface area contributed by atoms with Gasteiger partial charge in [0.05, 0.1) is 0 Å². The zero-order valence-electron chi connectivity index (χ0n) is 16.3. The van der Waals surface area contributed by atoms with E-state index in [2.05, 4.69) is 45.0 Å². The van der Waals surface area contributed by atoms with Gasteiger partial charge in [0.25, 0.3) is 0 Å². The van der Waals surface area contributed by atoms with Crippen molar-refractivity contribution in [2.75, 3.05) is 5.75 Å². The summed E-state index contributed by atoms with van der Waals surface area (Å²) in [6, 6.07) is 12.4. The van der Waals surface area contributed by atoms with Crippen LogP contribution in [0.2, 0.25) is 0 Å². The van der Waals surface area contributed by atoms with Crippen LogP contribution in [0.15, 0.2) is 41.3 Å². The van der Waals surface area contributed by atoms with Crippen molar-refractivity contribution < 1.29 is 14.6 Å². The van der Waals surface area contributed by atoms with E-state index in [1.54, 1.807) is 6.07 Å². The molecule has 4 heteroatoms. The summed E-state index contributed by atoms with van der Waals surface area (Å²) in [5.41, 5.74) is 6.01. The quantitative estimate of drug-likeness (QED) is 0.366. The van der Waals surface area contributed by atoms with Gasteiger partial charge in [-0.15, -0.1) is 11.8 Å². The number of aryl methyl sites for hydroxylation is 1. The van der Waals surface area contributed by atoms with Crippen LogP contribution >= 0.6 is 11.8 Å². The van der Waals surface area contributed by atoms with Crippen LogP contribution in [-0.2, 0) is 11.8 Å². The first-order chi connectivity index (χ1) is 12.8. The van der Waals surface area contributed by atoms with Gasteiger partial charge in [-0.05, 0) is 83.0 Å². The minimum absolute atomic E-state index is 0.210. The number of allylic oxidation sites excluding steroid dienone is 1. The molecule has 0 saturated heterocycles. The Bertz CT molecular complexity index is 896. The molecule has 1 heterocycles. The fraction of sp³-hybridized carbons (Fsp3) is 0.348. The van der Waals surface area contributed by atoms with Gasteiger partial charge in [0.2, 0.25) is 0 Å². The maximum absolute atomic E-state index is 10.8. The summed E-state index contributed by atoms with van der Waals surface area (Å²) < 4.78 is 4.86. The number of rotatable bonds is 4. The summed E-state index contributed by atoms with van der Waals surface area (Å²) in [5.74, 6) is 1.59. The van der Waals surface area contributed by atoms with E-state index >= 15 is 0 Å². The van der Waals surface area contributed by atoms with E-state index in [0.29, 0.717) is 12.2 Å². The number of hydrogen-bond donors (Lipinski definition) is 1. The number of carbonyl (C=O) groups is 1. The summed E-state index contributed by atoms with van der Waals surface area (Å²) in [4.78, 5) is 12.2. The molecule has 0 aromatic heterocycles. The van der Waals surface area contributed by atoms with Crippen molar-refractivity contribution in [2.45, 2.75) is 50.8 Å². The molecule has 27 heavy (non-hydrogen) atoms. The zero-order valence-corrected chi connectivity index (χ0v) is 17.2. The maximum atomic E-state index is 10.8. The van der Waals surface area contributed by atoms with Gasteiger partial charge in [0.1, 0.15) is 5.75 Å². The van der Waals surface area contributed by atoms with E-state index in [9.17, 15) is 4.79 Å². The Balaban J connectivity index is 1.93. The highest BCUT2D eigenvalue weighted by atomic mass is 32.2. The SMILES string of the molecule is CCc1cc(/C=C(\C)c2ccc3c(c2)C(C)(C)CCS3)ccc1OC(=O)O. The largest absolute Gasteiger partial charge is 0.511 e. The third-order valence-electron chi connectivity index (χ3n) is 5.19. The Morgan fingerprint density at radius 1 is 1.26 bits per heavy atom. The van der Waals surface area contributed by atoms with E-state index in [1.807, 2.05) is 30.8 Å². The molecule has 2 aromatic carbocycles. The standard InChI is InChI=1S/C23H26O3S/c1-5-17-13-16(6-8-20(17)26-22(24)25)12-15(2)18-7-9-21-19(14-18)23(3,4)10-11-27-21/h6-9,12-14H,5,10-11H2,1-4H3,(H,24,25)/b15-12+. The van der Waals surface area contributed by atoms with Gasteiger partial charge < -0.3 is 9.84 Å². The van der Waals surface area contributed by atoms with Crippen LogP contribution in [-0.4, -0.2) is 17.0 Å². The predicted octanol–water partition coefficient (Wildman–Crippen LogP) is 6.64. The molecule has 1 N–H and O–H groups in total. The molecule has 0 spiro atoms. The minimum Gasteiger partial charge on any atom is -0.449 e. The summed E-state index contributed by atoms with van der Waals surface area (Å²) in [5, 5.41) is 8.85. The lowest BCUT2D eigenvalue weighted by molar-refractivity contribution is 0.144. The van der Waals surface area contributed by atoms with Gasteiger partial charge in [-0.1, -0.05) is 39.0 Å². The first-order valence-corrected chi connectivity index (χ1v) is 10.3. The van der Waals surface area contributed by atoms with Crippen molar-refractivity contribution in [3.63, 3.8) is 0 Å². The topological polar surface area (TPSA) is 46.5 Å². The van der Waals surface area contributed by atoms with Crippen LogP contribution < -0.4 is 4.74 Å². The first kappa shape index (κ1) is 19.6. The Hall–Kier alpha value is -2.20. The first-order valence-electron chi connectivity index (χ1n) is 9.30. The molecular formula is C23H26O3S. The monoisotopic (exact) mass is 382 g/mol. The Labute approximate surface area is 165 Å². The molecule has 142 valence electrons. The van der Waals surface area contributed by atoms with Gasteiger partial charge >= 0.3 is 6.16 Å². The number of benzene rings is 2. The van der Waals surface area contributed by atoms with Crippen LogP contribution in [0.5, 0.6) is 5.75 Å². The average Bonchev–Trinajstić information content (AvgIpc) is 2.62. The Morgan fingerprint density at radius 3 is 2.74 bits per heavy atom. The van der Waals surface area contributed by atoms with Crippen LogP contribution in [0, 0.1) is 0 Å². The molecule has 0 saturated carbocycles. The van der Waals surface area contributed by atoms with Crippen molar-refractivity contribution in [3.8, 4) is 5.75 Å².